The fourth-order valence-corrected chi connectivity index (χ4v) is 3.91. The van der Waals surface area contributed by atoms with Crippen LogP contribution < -0.4 is 0 Å². The second-order valence-corrected chi connectivity index (χ2v) is 7.69. The second-order valence-electron chi connectivity index (χ2n) is 7.69. The molecule has 26 heavy (non-hydrogen) atoms. The third kappa shape index (κ3) is 5.65. The van der Waals surface area contributed by atoms with Gasteiger partial charge in [-0.15, -0.1) is 0 Å². The molecule has 0 N–H and O–H groups in total. The summed E-state index contributed by atoms with van der Waals surface area (Å²) < 4.78 is 0. The van der Waals surface area contributed by atoms with Crippen LogP contribution in [0.15, 0.2) is 36.7 Å². The number of benzene rings is 1. The van der Waals surface area contributed by atoms with E-state index < -0.39 is 0 Å². The van der Waals surface area contributed by atoms with E-state index >= 15 is 0 Å². The van der Waals surface area contributed by atoms with Crippen molar-refractivity contribution in [2.45, 2.75) is 83.5 Å². The summed E-state index contributed by atoms with van der Waals surface area (Å²) in [4.78, 5) is 9.21. The van der Waals surface area contributed by atoms with E-state index in [-0.39, 0.29) is 0 Å². The predicted octanol–water partition coefficient (Wildman–Crippen LogP) is 6.91. The summed E-state index contributed by atoms with van der Waals surface area (Å²) in [6.45, 7) is 2.27. The zero-order chi connectivity index (χ0) is 18.0. The molecule has 139 valence electrons. The zero-order valence-corrected chi connectivity index (χ0v) is 16.3. The lowest BCUT2D eigenvalue weighted by atomic mass is 9.84. The number of unbranched alkanes of at least 4 members (excludes halogenated alkanes) is 5. The first-order chi connectivity index (χ1) is 12.9. The topological polar surface area (TPSA) is 25.8 Å². The molecule has 0 bridgehead atoms. The number of rotatable bonds is 9. The molecule has 1 aromatic carbocycles. The maximum atomic E-state index is 4.60. The minimum absolute atomic E-state index is 0.731. The molecule has 0 amide bonds. The molecule has 2 nitrogen and oxygen atoms in total. The first kappa shape index (κ1) is 19.1. The van der Waals surface area contributed by atoms with Crippen LogP contribution in [0.25, 0.3) is 11.4 Å². The quantitative estimate of drug-likeness (QED) is 0.460. The Morgan fingerprint density at radius 3 is 2.19 bits per heavy atom. The van der Waals surface area contributed by atoms with Gasteiger partial charge in [0, 0.05) is 18.0 Å². The van der Waals surface area contributed by atoms with Crippen molar-refractivity contribution in [3.8, 4) is 11.4 Å². The van der Waals surface area contributed by atoms with Crippen molar-refractivity contribution < 1.29 is 0 Å². The van der Waals surface area contributed by atoms with Crippen molar-refractivity contribution in [1.82, 2.24) is 9.97 Å². The molecule has 2 heteroatoms. The smallest absolute Gasteiger partial charge is 0.159 e. The minimum atomic E-state index is 0.731. The Bertz CT molecular complexity index is 624. The molecule has 0 spiro atoms. The van der Waals surface area contributed by atoms with Crippen molar-refractivity contribution in [1.29, 1.82) is 0 Å². The minimum Gasteiger partial charge on any atom is -0.236 e. The number of hydrogen-bond donors (Lipinski definition) is 0. The van der Waals surface area contributed by atoms with Crippen LogP contribution in [0.3, 0.4) is 0 Å². The largest absolute Gasteiger partial charge is 0.236 e. The maximum absolute atomic E-state index is 4.60. The summed E-state index contributed by atoms with van der Waals surface area (Å²) in [6, 6.07) is 8.94. The van der Waals surface area contributed by atoms with Gasteiger partial charge in [-0.1, -0.05) is 63.3 Å². The van der Waals surface area contributed by atoms with E-state index in [0.717, 1.165) is 23.7 Å². The summed E-state index contributed by atoms with van der Waals surface area (Å²) in [7, 11) is 0. The highest BCUT2D eigenvalue weighted by Gasteiger charge is 2.15. The normalized spacial score (nSPS) is 15.3. The lowest BCUT2D eigenvalue weighted by molar-refractivity contribution is 0.512. The molecule has 1 aromatic heterocycles. The van der Waals surface area contributed by atoms with Gasteiger partial charge in [-0.05, 0) is 62.0 Å². The average Bonchev–Trinajstić information content (AvgIpc) is 2.72. The Labute approximate surface area is 159 Å². The van der Waals surface area contributed by atoms with Crippen molar-refractivity contribution in [3.05, 3.63) is 54.2 Å². The van der Waals surface area contributed by atoms with E-state index in [1.54, 1.807) is 0 Å². The average molecular weight is 350 g/mol. The van der Waals surface area contributed by atoms with E-state index in [1.807, 2.05) is 12.4 Å². The van der Waals surface area contributed by atoms with Crippen molar-refractivity contribution in [3.63, 3.8) is 0 Å². The fraction of sp³-hybridized carbons (Fsp3) is 0.542. The summed E-state index contributed by atoms with van der Waals surface area (Å²) in [6.07, 6.45) is 20.7. The van der Waals surface area contributed by atoms with Gasteiger partial charge in [-0.25, -0.2) is 9.97 Å². The molecular weight excluding hydrogens is 316 g/mol. The molecule has 1 fully saturated rings. The van der Waals surface area contributed by atoms with Gasteiger partial charge in [0.05, 0.1) is 0 Å². The van der Waals surface area contributed by atoms with Gasteiger partial charge in [0.2, 0.25) is 0 Å². The Kier molecular flexibility index (Phi) is 7.66. The van der Waals surface area contributed by atoms with Crippen molar-refractivity contribution in [2.75, 3.05) is 0 Å². The highest BCUT2D eigenvalue weighted by atomic mass is 14.9. The fourth-order valence-electron chi connectivity index (χ4n) is 3.91. The summed E-state index contributed by atoms with van der Waals surface area (Å²) in [5.74, 6) is 1.58. The second kappa shape index (κ2) is 10.4. The predicted molar refractivity (Wildman–Crippen MR) is 110 cm³/mol. The maximum Gasteiger partial charge on any atom is 0.159 e. The van der Waals surface area contributed by atoms with E-state index in [0.29, 0.717) is 0 Å². The van der Waals surface area contributed by atoms with E-state index in [1.165, 1.54) is 75.3 Å². The monoisotopic (exact) mass is 349 g/mol. The van der Waals surface area contributed by atoms with Gasteiger partial charge in [0.25, 0.3) is 0 Å². The molecule has 0 aliphatic heterocycles. The van der Waals surface area contributed by atoms with Crippen LogP contribution in [0.1, 0.15) is 88.2 Å². The highest BCUT2D eigenvalue weighted by molar-refractivity contribution is 5.55. The van der Waals surface area contributed by atoms with Gasteiger partial charge in [-0.3, -0.25) is 0 Å². The van der Waals surface area contributed by atoms with Gasteiger partial charge in [0.1, 0.15) is 0 Å². The van der Waals surface area contributed by atoms with Gasteiger partial charge in [0.15, 0.2) is 5.82 Å². The first-order valence-electron chi connectivity index (χ1n) is 10.6. The Morgan fingerprint density at radius 2 is 1.50 bits per heavy atom. The number of nitrogens with zero attached hydrogens (tertiary/aromatic N) is 2. The van der Waals surface area contributed by atoms with Crippen molar-refractivity contribution >= 4 is 0 Å². The number of hydrogen-bond acceptors (Lipinski definition) is 2. The molecule has 3 rings (SSSR count). The van der Waals surface area contributed by atoms with Crippen LogP contribution in [-0.2, 0) is 6.42 Å². The third-order valence-electron chi connectivity index (χ3n) is 5.60. The van der Waals surface area contributed by atoms with E-state index in [9.17, 15) is 0 Å². The Balaban J connectivity index is 1.50. The Hall–Kier alpha value is -1.70. The van der Waals surface area contributed by atoms with Crippen LogP contribution in [-0.4, -0.2) is 9.97 Å². The van der Waals surface area contributed by atoms with E-state index in [4.69, 9.17) is 0 Å². The molecule has 0 unspecified atom stereocenters. The third-order valence-corrected chi connectivity index (χ3v) is 5.60. The van der Waals surface area contributed by atoms with Crippen LogP contribution in [0.2, 0.25) is 0 Å². The first-order valence-corrected chi connectivity index (χ1v) is 10.6. The molecule has 1 aliphatic rings. The molecule has 0 saturated heterocycles. The summed E-state index contributed by atoms with van der Waals surface area (Å²) in [5, 5.41) is 0. The van der Waals surface area contributed by atoms with Crippen molar-refractivity contribution in [2.24, 2.45) is 0 Å². The zero-order valence-electron chi connectivity index (χ0n) is 16.3. The molecule has 2 aromatic rings. The molecular formula is C24H33N2. The SMILES string of the molecule is CCCCCCCCc1cnc(-c2ccc(C3CC[CH]CC3)cc2)nc1. The Morgan fingerprint density at radius 1 is 0.846 bits per heavy atom. The molecule has 1 aliphatic carbocycles. The lowest BCUT2D eigenvalue weighted by Crippen LogP contribution is -2.04. The highest BCUT2D eigenvalue weighted by Crippen LogP contribution is 2.32. The molecule has 1 saturated carbocycles. The van der Waals surface area contributed by atoms with Crippen LogP contribution in [0, 0.1) is 6.42 Å². The number of aryl methyl sites for hydroxylation is 1. The van der Waals surface area contributed by atoms with Gasteiger partial charge < -0.3 is 0 Å². The van der Waals surface area contributed by atoms with Gasteiger partial charge in [-0.2, -0.15) is 0 Å². The number of aromatic nitrogens is 2. The summed E-state index contributed by atoms with van der Waals surface area (Å²) in [5.41, 5.74) is 3.86. The standard InChI is InChI=1S/C24H33N2/c1-2-3-4-5-6-8-11-20-18-25-24(26-19-20)23-16-14-22(15-17-23)21-12-9-7-10-13-21/h7,14-19,21H,2-6,8-13H2,1H3. The molecule has 1 heterocycles. The lowest BCUT2D eigenvalue weighted by Gasteiger charge is -2.21. The van der Waals surface area contributed by atoms with Crippen LogP contribution in [0.5, 0.6) is 0 Å². The molecule has 0 atom stereocenters. The van der Waals surface area contributed by atoms with E-state index in [2.05, 4.69) is 47.6 Å². The molecule has 1 radical (unpaired) electrons. The van der Waals surface area contributed by atoms with Crippen LogP contribution in [0.4, 0.5) is 0 Å². The van der Waals surface area contributed by atoms with Crippen LogP contribution >= 0.6 is 0 Å². The summed E-state index contributed by atoms with van der Waals surface area (Å²) >= 11 is 0. The van der Waals surface area contributed by atoms with Gasteiger partial charge >= 0.3 is 0 Å².